The predicted molar refractivity (Wildman–Crippen MR) is 209 cm³/mol. The summed E-state index contributed by atoms with van der Waals surface area (Å²) in [5, 5.41) is 27.9. The molecule has 0 radical (unpaired) electrons. The monoisotopic (exact) mass is 773 g/mol. The van der Waals surface area contributed by atoms with Gasteiger partial charge < -0.3 is 34.5 Å². The van der Waals surface area contributed by atoms with Crippen molar-refractivity contribution in [3.63, 3.8) is 0 Å². The highest BCUT2D eigenvalue weighted by atomic mass is 19.1. The van der Waals surface area contributed by atoms with E-state index in [2.05, 4.69) is 25.9 Å². The van der Waals surface area contributed by atoms with Crippen LogP contribution in [0, 0.1) is 13.8 Å². The minimum absolute atomic E-state index is 0.0426. The van der Waals surface area contributed by atoms with E-state index < -0.39 is 49.0 Å². The zero-order valence-corrected chi connectivity index (χ0v) is 32.3. The molecule has 2 heterocycles. The molecule has 56 heavy (non-hydrogen) atoms. The van der Waals surface area contributed by atoms with Gasteiger partial charge in [0.25, 0.3) is 5.91 Å². The smallest absolute Gasteiger partial charge is 0.325 e. The van der Waals surface area contributed by atoms with E-state index in [-0.39, 0.29) is 37.7 Å². The molecule has 2 aromatic heterocycles. The summed E-state index contributed by atoms with van der Waals surface area (Å²) in [7, 11) is 2.90. The summed E-state index contributed by atoms with van der Waals surface area (Å²) in [6.07, 6.45) is 4.30. The van der Waals surface area contributed by atoms with Crippen LogP contribution in [0.2, 0.25) is 0 Å². The first kappa shape index (κ1) is 43.0. The largest absolute Gasteiger partial charge is 0.496 e. The predicted octanol–water partition coefficient (Wildman–Crippen LogP) is 4.52. The number of aromatic nitrogens is 2. The molecule has 0 unspecified atom stereocenters. The van der Waals surface area contributed by atoms with Crippen molar-refractivity contribution >= 4 is 35.4 Å². The molecule has 0 saturated carbocycles. The number of aliphatic hydroxyl groups excluding tert-OH is 2. The molecule has 2 atom stereocenters. The molecule has 0 bridgehead atoms. The number of esters is 2. The second kappa shape index (κ2) is 20.8. The van der Waals surface area contributed by atoms with Crippen LogP contribution >= 0.6 is 0 Å². The quantitative estimate of drug-likeness (QED) is 0.0837. The molecule has 0 spiro atoms. The van der Waals surface area contributed by atoms with E-state index in [1.807, 2.05) is 38.1 Å². The van der Waals surface area contributed by atoms with E-state index in [0.717, 1.165) is 22.3 Å². The van der Waals surface area contributed by atoms with Gasteiger partial charge in [-0.25, -0.2) is 4.39 Å². The molecule has 2 aromatic carbocycles. The second-order valence-electron chi connectivity index (χ2n) is 12.4. The van der Waals surface area contributed by atoms with E-state index in [0.29, 0.717) is 33.9 Å². The Hall–Kier alpha value is -5.74. The fourth-order valence-electron chi connectivity index (χ4n) is 5.79. The van der Waals surface area contributed by atoms with Crippen molar-refractivity contribution in [1.29, 1.82) is 0 Å². The highest BCUT2D eigenvalue weighted by Crippen LogP contribution is 2.34. The summed E-state index contributed by atoms with van der Waals surface area (Å²) in [6, 6.07) is 12.1. The summed E-state index contributed by atoms with van der Waals surface area (Å²) in [4.78, 5) is 46.1. The molecule has 0 aliphatic heterocycles. The van der Waals surface area contributed by atoms with Gasteiger partial charge in [-0.15, -0.1) is 0 Å². The van der Waals surface area contributed by atoms with Gasteiger partial charge in [-0.05, 0) is 67.7 Å². The van der Waals surface area contributed by atoms with Crippen molar-refractivity contribution in [2.45, 2.75) is 52.9 Å². The van der Waals surface area contributed by atoms with Gasteiger partial charge in [0.1, 0.15) is 40.8 Å². The number of ether oxygens (including phenoxy) is 4. The fourth-order valence-corrected chi connectivity index (χ4v) is 5.79. The van der Waals surface area contributed by atoms with E-state index in [9.17, 15) is 24.6 Å². The first-order valence-corrected chi connectivity index (χ1v) is 18.0. The topological polar surface area (TPSA) is 190 Å². The average molecular weight is 774 g/mol. The molecule has 15 heteroatoms. The van der Waals surface area contributed by atoms with Crippen LogP contribution in [-0.2, 0) is 32.2 Å². The normalized spacial score (nSPS) is 12.4. The van der Waals surface area contributed by atoms with Crippen LogP contribution in [0.5, 0.6) is 11.5 Å². The number of rotatable bonds is 19. The lowest BCUT2D eigenvalue weighted by Crippen LogP contribution is -2.40. The van der Waals surface area contributed by atoms with Crippen molar-refractivity contribution in [3.8, 4) is 22.6 Å². The van der Waals surface area contributed by atoms with E-state index >= 15 is 4.39 Å². The zero-order valence-electron chi connectivity index (χ0n) is 32.3. The number of pyridine rings is 2. The second-order valence-corrected chi connectivity index (χ2v) is 12.4. The van der Waals surface area contributed by atoms with Gasteiger partial charge in [0.15, 0.2) is 0 Å². The van der Waals surface area contributed by atoms with Crippen molar-refractivity contribution < 1.29 is 47.9 Å². The average Bonchev–Trinajstić information content (AvgIpc) is 3.20. The Morgan fingerprint density at radius 3 is 1.79 bits per heavy atom. The maximum Gasteiger partial charge on any atom is 0.325 e. The lowest BCUT2D eigenvalue weighted by atomic mass is 9.92. The summed E-state index contributed by atoms with van der Waals surface area (Å²) in [5.74, 6) is -1.54. The summed E-state index contributed by atoms with van der Waals surface area (Å²) < 4.78 is 36.7. The summed E-state index contributed by atoms with van der Waals surface area (Å²) in [6.45, 7) is 6.79. The van der Waals surface area contributed by atoms with Crippen molar-refractivity contribution in [1.82, 2.24) is 20.6 Å². The van der Waals surface area contributed by atoms with Gasteiger partial charge in [-0.1, -0.05) is 30.3 Å². The molecular formula is C41H48FN5O9. The Balaban J connectivity index is 1.52. The number of methoxy groups -OCH3 is 2. The maximum absolute atomic E-state index is 15.8. The zero-order chi connectivity index (χ0) is 40.8. The van der Waals surface area contributed by atoms with E-state index in [4.69, 9.17) is 18.9 Å². The van der Waals surface area contributed by atoms with E-state index in [1.165, 1.54) is 44.8 Å². The third-order valence-electron chi connectivity index (χ3n) is 8.92. The molecule has 4 rings (SSSR count). The number of halogens is 1. The van der Waals surface area contributed by atoms with Gasteiger partial charge in [0, 0.05) is 54.4 Å². The Labute approximate surface area is 325 Å². The number of nitrogens with zero attached hydrogens (tertiary/aromatic N) is 2. The molecule has 5 N–H and O–H groups in total. The first-order chi connectivity index (χ1) is 27.0. The molecule has 1 amide bonds. The van der Waals surface area contributed by atoms with Gasteiger partial charge >= 0.3 is 11.9 Å². The van der Waals surface area contributed by atoms with Crippen LogP contribution < -0.4 is 25.4 Å². The minimum atomic E-state index is -0.937. The molecule has 4 aromatic rings. The summed E-state index contributed by atoms with van der Waals surface area (Å²) in [5.41, 5.74) is 5.62. The molecule has 0 aliphatic rings. The summed E-state index contributed by atoms with van der Waals surface area (Å²) >= 11 is 0. The Morgan fingerprint density at radius 1 is 0.768 bits per heavy atom. The first-order valence-electron chi connectivity index (χ1n) is 18.0. The maximum atomic E-state index is 15.8. The number of hydrogen-bond acceptors (Lipinski definition) is 13. The molecule has 298 valence electrons. The lowest BCUT2D eigenvalue weighted by molar-refractivity contribution is -0.147. The Morgan fingerprint density at radius 2 is 1.27 bits per heavy atom. The van der Waals surface area contributed by atoms with E-state index in [1.54, 1.807) is 26.0 Å². The molecule has 0 aliphatic carbocycles. The number of hydrogen-bond donors (Lipinski definition) is 5. The molecule has 14 nitrogen and oxygen atoms in total. The van der Waals surface area contributed by atoms with Crippen LogP contribution in [-0.4, -0.2) is 90.8 Å². The standard InChI is InChI=1S/C41H48FN5O9/c1-7-55-40(51)35(22-48)45-20-27-18-43-33(16-37(27)53-5)31(42)15-26-11-9-12-29(24(26)3)30-13-10-14-32(25(30)4)47-39(50)34-17-38(54-6)28(19-44-34)21-46-36(23-49)41(52)56-8-2/h9-19,35-36,45-46,48-49H,7-8,20-23H2,1-6H3,(H,47,50)/b31-15-/t35-,36-/m1/s1. The Bertz CT molecular complexity index is 2040. The number of nitrogens with one attached hydrogen (secondary N) is 3. The number of anilines is 1. The lowest BCUT2D eigenvalue weighted by Gasteiger charge is -2.17. The molecular weight excluding hydrogens is 725 g/mol. The van der Waals surface area contributed by atoms with Crippen LogP contribution in [0.1, 0.15) is 57.8 Å². The minimum Gasteiger partial charge on any atom is -0.496 e. The number of amides is 1. The third-order valence-corrected chi connectivity index (χ3v) is 8.92. The van der Waals surface area contributed by atoms with Crippen molar-refractivity contribution in [2.24, 2.45) is 0 Å². The molecule has 0 fully saturated rings. The number of aliphatic hydroxyl groups is 2. The van der Waals surface area contributed by atoms with Crippen molar-refractivity contribution in [2.75, 3.05) is 46.0 Å². The number of benzene rings is 2. The third kappa shape index (κ3) is 10.7. The highest BCUT2D eigenvalue weighted by molar-refractivity contribution is 6.04. The fraction of sp³-hybridized carbons (Fsp3) is 0.341. The van der Waals surface area contributed by atoms with Gasteiger partial charge in [0.05, 0.1) is 40.6 Å². The van der Waals surface area contributed by atoms with Crippen LogP contribution in [0.15, 0.2) is 60.9 Å². The van der Waals surface area contributed by atoms with Gasteiger partial charge in [-0.2, -0.15) is 0 Å². The highest BCUT2D eigenvalue weighted by Gasteiger charge is 2.22. The van der Waals surface area contributed by atoms with Crippen molar-refractivity contribution in [3.05, 3.63) is 100 Å². The van der Waals surface area contributed by atoms with Gasteiger partial charge in [-0.3, -0.25) is 35.0 Å². The number of carbonyl (C=O) groups is 3. The molecule has 0 saturated heterocycles. The van der Waals surface area contributed by atoms with Crippen LogP contribution in [0.4, 0.5) is 10.1 Å². The SMILES string of the molecule is CCOC(=O)[C@@H](CO)NCc1cnc(C(=O)Nc2cccc(-c3cccc(/C=C(\F)c4cc(OC)c(CN[C@H](CO)C(=O)OCC)cn4)c3C)c2C)cc1OC. The van der Waals surface area contributed by atoms with Crippen LogP contribution in [0.3, 0.4) is 0 Å². The van der Waals surface area contributed by atoms with Gasteiger partial charge in [0.2, 0.25) is 0 Å². The number of carbonyl (C=O) groups excluding carboxylic acids is 3. The Kier molecular flexibility index (Phi) is 16.0. The van der Waals surface area contributed by atoms with Crippen LogP contribution in [0.25, 0.3) is 23.0 Å².